The number of methoxy groups -OCH3 is 1. The van der Waals surface area contributed by atoms with E-state index in [1.54, 1.807) is 18.3 Å². The van der Waals surface area contributed by atoms with Crippen LogP contribution in [0.1, 0.15) is 23.2 Å². The van der Waals surface area contributed by atoms with Crippen molar-refractivity contribution in [2.45, 2.75) is 12.8 Å². The molecule has 0 aromatic carbocycles. The minimum atomic E-state index is -0.354. The normalized spacial score (nSPS) is 18.6. The van der Waals surface area contributed by atoms with E-state index in [2.05, 4.69) is 15.6 Å². The molecule has 1 aromatic heterocycles. The van der Waals surface area contributed by atoms with Crippen LogP contribution in [-0.2, 0) is 4.74 Å². The van der Waals surface area contributed by atoms with Crippen LogP contribution >= 0.6 is 0 Å². The summed E-state index contributed by atoms with van der Waals surface area (Å²) < 4.78 is 4.73. The van der Waals surface area contributed by atoms with Gasteiger partial charge in [0.05, 0.1) is 7.11 Å². The summed E-state index contributed by atoms with van der Waals surface area (Å²) in [6, 6.07) is 3.45. The molecule has 0 saturated carbocycles. The summed E-state index contributed by atoms with van der Waals surface area (Å²) in [5.41, 5.74) is 0.490. The van der Waals surface area contributed by atoms with Crippen molar-refractivity contribution in [3.05, 3.63) is 23.9 Å². The standard InChI is InChI=1S/C13H19N3O2/c1-18-13(17)11-3-2-6-15-12(11)16-8-5-10-4-7-14-9-10/h2-3,6,10,14H,4-5,7-9H2,1H3,(H,15,16). The first-order valence-electron chi connectivity index (χ1n) is 6.29. The number of anilines is 1. The Hall–Kier alpha value is -1.62. The van der Waals surface area contributed by atoms with Gasteiger partial charge in [-0.2, -0.15) is 0 Å². The molecule has 0 aliphatic carbocycles. The molecule has 0 amide bonds. The van der Waals surface area contributed by atoms with Crippen molar-refractivity contribution in [3.8, 4) is 0 Å². The maximum absolute atomic E-state index is 11.5. The fourth-order valence-corrected chi connectivity index (χ4v) is 2.18. The predicted molar refractivity (Wildman–Crippen MR) is 69.7 cm³/mol. The number of hydrogen-bond acceptors (Lipinski definition) is 5. The first-order chi connectivity index (χ1) is 8.81. The maximum Gasteiger partial charge on any atom is 0.341 e. The lowest BCUT2D eigenvalue weighted by atomic mass is 10.1. The van der Waals surface area contributed by atoms with Gasteiger partial charge in [0.1, 0.15) is 11.4 Å². The fourth-order valence-electron chi connectivity index (χ4n) is 2.18. The van der Waals surface area contributed by atoms with E-state index in [-0.39, 0.29) is 5.97 Å². The minimum Gasteiger partial charge on any atom is -0.465 e. The molecule has 1 aliphatic rings. The molecule has 1 aliphatic heterocycles. The quantitative estimate of drug-likeness (QED) is 0.770. The highest BCUT2D eigenvalue weighted by atomic mass is 16.5. The molecule has 1 saturated heterocycles. The SMILES string of the molecule is COC(=O)c1cccnc1NCCC1CCNC1. The van der Waals surface area contributed by atoms with Crippen LogP contribution in [-0.4, -0.2) is 37.7 Å². The van der Waals surface area contributed by atoms with E-state index < -0.39 is 0 Å². The molecule has 0 bridgehead atoms. The summed E-state index contributed by atoms with van der Waals surface area (Å²) >= 11 is 0. The molecule has 1 atom stereocenters. The second kappa shape index (κ2) is 6.35. The molecule has 5 nitrogen and oxygen atoms in total. The Labute approximate surface area is 107 Å². The largest absolute Gasteiger partial charge is 0.465 e. The van der Waals surface area contributed by atoms with E-state index in [0.29, 0.717) is 11.4 Å². The van der Waals surface area contributed by atoms with Crippen LogP contribution in [0.5, 0.6) is 0 Å². The summed E-state index contributed by atoms with van der Waals surface area (Å²) in [4.78, 5) is 15.7. The lowest BCUT2D eigenvalue weighted by Crippen LogP contribution is -2.15. The van der Waals surface area contributed by atoms with Gasteiger partial charge in [0, 0.05) is 12.7 Å². The Bertz CT molecular complexity index is 403. The Morgan fingerprint density at radius 1 is 1.67 bits per heavy atom. The Kier molecular flexibility index (Phi) is 4.52. The number of pyridine rings is 1. The fraction of sp³-hybridized carbons (Fsp3) is 0.538. The molecule has 18 heavy (non-hydrogen) atoms. The maximum atomic E-state index is 11.5. The summed E-state index contributed by atoms with van der Waals surface area (Å²) in [5.74, 6) is 0.978. The molecule has 98 valence electrons. The third-order valence-corrected chi connectivity index (χ3v) is 3.22. The van der Waals surface area contributed by atoms with E-state index in [1.807, 2.05) is 0 Å². The Morgan fingerprint density at radius 3 is 3.28 bits per heavy atom. The van der Waals surface area contributed by atoms with Crippen LogP contribution in [0.4, 0.5) is 5.82 Å². The van der Waals surface area contributed by atoms with Gasteiger partial charge in [0.2, 0.25) is 0 Å². The average Bonchev–Trinajstić information content (AvgIpc) is 2.92. The molecular weight excluding hydrogens is 230 g/mol. The second-order valence-corrected chi connectivity index (χ2v) is 4.47. The molecular formula is C13H19N3O2. The average molecular weight is 249 g/mol. The van der Waals surface area contributed by atoms with Crippen molar-refractivity contribution >= 4 is 11.8 Å². The van der Waals surface area contributed by atoms with Crippen LogP contribution in [0.25, 0.3) is 0 Å². The number of nitrogens with zero attached hydrogens (tertiary/aromatic N) is 1. The van der Waals surface area contributed by atoms with Crippen LogP contribution in [0.2, 0.25) is 0 Å². The predicted octanol–water partition coefficient (Wildman–Crippen LogP) is 1.28. The van der Waals surface area contributed by atoms with Crippen molar-refractivity contribution in [2.75, 3.05) is 32.1 Å². The zero-order valence-corrected chi connectivity index (χ0v) is 10.6. The van der Waals surface area contributed by atoms with E-state index in [9.17, 15) is 4.79 Å². The Balaban J connectivity index is 1.89. The van der Waals surface area contributed by atoms with Crippen LogP contribution in [0.3, 0.4) is 0 Å². The van der Waals surface area contributed by atoms with Crippen molar-refractivity contribution in [1.29, 1.82) is 0 Å². The first-order valence-corrected chi connectivity index (χ1v) is 6.29. The highest BCUT2D eigenvalue weighted by Crippen LogP contribution is 2.15. The van der Waals surface area contributed by atoms with E-state index >= 15 is 0 Å². The van der Waals surface area contributed by atoms with Crippen LogP contribution in [0, 0.1) is 5.92 Å². The summed E-state index contributed by atoms with van der Waals surface area (Å²) in [5, 5.41) is 6.56. The van der Waals surface area contributed by atoms with Gasteiger partial charge >= 0.3 is 5.97 Å². The third kappa shape index (κ3) is 3.20. The van der Waals surface area contributed by atoms with E-state index in [1.165, 1.54) is 13.5 Å². The highest BCUT2D eigenvalue weighted by Gasteiger charge is 2.15. The number of hydrogen-bond donors (Lipinski definition) is 2. The Morgan fingerprint density at radius 2 is 2.56 bits per heavy atom. The van der Waals surface area contributed by atoms with Gasteiger partial charge in [-0.15, -0.1) is 0 Å². The summed E-state index contributed by atoms with van der Waals surface area (Å²) in [6.45, 7) is 3.03. The molecule has 1 fully saturated rings. The van der Waals surface area contributed by atoms with Crippen molar-refractivity contribution in [2.24, 2.45) is 5.92 Å². The second-order valence-electron chi connectivity index (χ2n) is 4.47. The number of aromatic nitrogens is 1. The highest BCUT2D eigenvalue weighted by molar-refractivity contribution is 5.94. The summed E-state index contributed by atoms with van der Waals surface area (Å²) in [6.07, 6.45) is 3.99. The third-order valence-electron chi connectivity index (χ3n) is 3.22. The molecule has 2 N–H and O–H groups in total. The molecule has 0 spiro atoms. The topological polar surface area (TPSA) is 63.2 Å². The zero-order chi connectivity index (χ0) is 12.8. The van der Waals surface area contributed by atoms with E-state index in [4.69, 9.17) is 4.74 Å². The molecule has 0 radical (unpaired) electrons. The van der Waals surface area contributed by atoms with Gasteiger partial charge in [-0.05, 0) is 44.0 Å². The van der Waals surface area contributed by atoms with Gasteiger partial charge in [-0.25, -0.2) is 9.78 Å². The van der Waals surface area contributed by atoms with Crippen molar-refractivity contribution < 1.29 is 9.53 Å². The molecule has 5 heteroatoms. The van der Waals surface area contributed by atoms with E-state index in [0.717, 1.165) is 32.0 Å². The first kappa shape index (κ1) is 12.8. The minimum absolute atomic E-state index is 0.354. The summed E-state index contributed by atoms with van der Waals surface area (Å²) in [7, 11) is 1.38. The monoisotopic (exact) mass is 249 g/mol. The number of carbonyl (C=O) groups excluding carboxylic acids is 1. The number of esters is 1. The number of carbonyl (C=O) groups is 1. The van der Waals surface area contributed by atoms with Crippen molar-refractivity contribution in [1.82, 2.24) is 10.3 Å². The van der Waals surface area contributed by atoms with Gasteiger partial charge < -0.3 is 15.4 Å². The smallest absolute Gasteiger partial charge is 0.341 e. The van der Waals surface area contributed by atoms with Gasteiger partial charge in [0.25, 0.3) is 0 Å². The zero-order valence-electron chi connectivity index (χ0n) is 10.6. The lowest BCUT2D eigenvalue weighted by molar-refractivity contribution is 0.0601. The van der Waals surface area contributed by atoms with Crippen LogP contribution < -0.4 is 10.6 Å². The number of nitrogens with one attached hydrogen (secondary N) is 2. The van der Waals surface area contributed by atoms with Gasteiger partial charge in [-0.1, -0.05) is 0 Å². The molecule has 2 heterocycles. The molecule has 1 aromatic rings. The van der Waals surface area contributed by atoms with Crippen molar-refractivity contribution in [3.63, 3.8) is 0 Å². The lowest BCUT2D eigenvalue weighted by Gasteiger charge is -2.11. The van der Waals surface area contributed by atoms with Gasteiger partial charge in [0.15, 0.2) is 0 Å². The number of ether oxygens (including phenoxy) is 1. The van der Waals surface area contributed by atoms with Crippen LogP contribution in [0.15, 0.2) is 18.3 Å². The number of rotatable bonds is 5. The molecule has 2 rings (SSSR count). The molecule has 1 unspecified atom stereocenters. The van der Waals surface area contributed by atoms with Gasteiger partial charge in [-0.3, -0.25) is 0 Å².